The van der Waals surface area contributed by atoms with Gasteiger partial charge >= 0.3 is 0 Å². The van der Waals surface area contributed by atoms with Crippen molar-refractivity contribution in [3.05, 3.63) is 63.1 Å². The summed E-state index contributed by atoms with van der Waals surface area (Å²) in [6, 6.07) is 10.8. The first-order valence-electron chi connectivity index (χ1n) is 6.82. The van der Waals surface area contributed by atoms with Crippen LogP contribution in [-0.4, -0.2) is 10.9 Å². The molecule has 3 nitrogen and oxygen atoms in total. The molecule has 2 aromatic carbocycles. The number of carbonyl (C=O) groups is 1. The number of hydrogen-bond donors (Lipinski definition) is 1. The van der Waals surface area contributed by atoms with E-state index in [1.165, 1.54) is 6.08 Å². The smallest absolute Gasteiger partial charge is 0.248 e. The van der Waals surface area contributed by atoms with Gasteiger partial charge in [-0.05, 0) is 48.9 Å². The second-order valence-electron chi connectivity index (χ2n) is 4.90. The zero-order chi connectivity index (χ0) is 16.4. The molecule has 1 amide bonds. The van der Waals surface area contributed by atoms with Crippen LogP contribution in [0.3, 0.4) is 0 Å². The summed E-state index contributed by atoms with van der Waals surface area (Å²) in [5.41, 5.74) is 2.41. The van der Waals surface area contributed by atoms with Crippen molar-refractivity contribution < 1.29 is 4.79 Å². The van der Waals surface area contributed by atoms with E-state index in [2.05, 4.69) is 10.3 Å². The third-order valence-electron chi connectivity index (χ3n) is 3.14. The van der Waals surface area contributed by atoms with Crippen LogP contribution in [0.1, 0.15) is 10.6 Å². The summed E-state index contributed by atoms with van der Waals surface area (Å²) in [6.07, 6.45) is 3.10. The zero-order valence-electron chi connectivity index (χ0n) is 12.1. The number of benzene rings is 2. The van der Waals surface area contributed by atoms with Gasteiger partial charge in [-0.2, -0.15) is 0 Å². The molecule has 0 saturated carbocycles. The molecule has 3 rings (SSSR count). The Balaban J connectivity index is 1.73. The number of aryl methyl sites for hydroxylation is 1. The Kier molecular flexibility index (Phi) is 4.66. The summed E-state index contributed by atoms with van der Waals surface area (Å²) in [5.74, 6) is -0.225. The number of thiazole rings is 1. The third kappa shape index (κ3) is 3.91. The van der Waals surface area contributed by atoms with Gasteiger partial charge in [0.15, 0.2) is 0 Å². The average molecular weight is 363 g/mol. The minimum Gasteiger partial charge on any atom is -0.322 e. The third-order valence-corrected chi connectivity index (χ3v) is 4.64. The molecule has 0 bridgehead atoms. The molecule has 6 heteroatoms. The lowest BCUT2D eigenvalue weighted by Gasteiger charge is -2.02. The van der Waals surface area contributed by atoms with E-state index >= 15 is 0 Å². The van der Waals surface area contributed by atoms with Gasteiger partial charge in [0, 0.05) is 21.8 Å². The number of hydrogen-bond acceptors (Lipinski definition) is 3. The Morgan fingerprint density at radius 3 is 2.83 bits per heavy atom. The minimum atomic E-state index is -0.225. The molecule has 0 radical (unpaired) electrons. The van der Waals surface area contributed by atoms with Crippen molar-refractivity contribution in [1.29, 1.82) is 0 Å². The van der Waals surface area contributed by atoms with Crippen molar-refractivity contribution in [3.8, 4) is 0 Å². The predicted octanol–water partition coefficient (Wildman–Crippen LogP) is 5.56. The summed E-state index contributed by atoms with van der Waals surface area (Å²) in [5, 5.41) is 4.89. The molecule has 0 aliphatic rings. The Hall–Kier alpha value is -1.88. The molecule has 0 aliphatic carbocycles. The number of nitrogens with zero attached hydrogens (tertiary/aromatic N) is 1. The van der Waals surface area contributed by atoms with Gasteiger partial charge in [-0.3, -0.25) is 4.79 Å². The number of fused-ring (bicyclic) bond motifs is 1. The maximum absolute atomic E-state index is 12.0. The zero-order valence-corrected chi connectivity index (χ0v) is 14.5. The predicted molar refractivity (Wildman–Crippen MR) is 98.5 cm³/mol. The molecule has 1 heterocycles. The SMILES string of the molecule is Cc1nc2ccc(NC(=O)/C=C/c3ccc(Cl)cc3Cl)cc2s1. The fraction of sp³-hybridized carbons (Fsp3) is 0.0588. The highest BCUT2D eigenvalue weighted by molar-refractivity contribution is 7.18. The molecule has 0 atom stereocenters. The maximum atomic E-state index is 12.0. The van der Waals surface area contributed by atoms with Crippen LogP contribution in [-0.2, 0) is 4.79 Å². The van der Waals surface area contributed by atoms with E-state index in [1.54, 1.807) is 35.6 Å². The Bertz CT molecular complexity index is 918. The summed E-state index contributed by atoms with van der Waals surface area (Å²) < 4.78 is 1.05. The standard InChI is InChI=1S/C17H12Cl2N2OS/c1-10-20-15-6-5-13(9-16(15)23-10)21-17(22)7-3-11-2-4-12(18)8-14(11)19/h2-9H,1H3,(H,21,22)/b7-3+. The first kappa shape index (κ1) is 16.0. The van der Waals surface area contributed by atoms with Gasteiger partial charge in [0.1, 0.15) is 0 Å². The van der Waals surface area contributed by atoms with Crippen LogP contribution in [0.4, 0.5) is 5.69 Å². The van der Waals surface area contributed by atoms with Crippen molar-refractivity contribution in [2.75, 3.05) is 5.32 Å². The van der Waals surface area contributed by atoms with Gasteiger partial charge in [0.2, 0.25) is 5.91 Å². The second kappa shape index (κ2) is 6.71. The largest absolute Gasteiger partial charge is 0.322 e. The van der Waals surface area contributed by atoms with Crippen LogP contribution in [0, 0.1) is 6.92 Å². The van der Waals surface area contributed by atoms with Crippen molar-refractivity contribution in [2.45, 2.75) is 6.92 Å². The lowest BCUT2D eigenvalue weighted by Crippen LogP contribution is -2.07. The van der Waals surface area contributed by atoms with E-state index in [0.29, 0.717) is 10.0 Å². The van der Waals surface area contributed by atoms with E-state index in [1.807, 2.05) is 25.1 Å². The van der Waals surface area contributed by atoms with Gasteiger partial charge in [-0.1, -0.05) is 29.3 Å². The molecule has 0 aliphatic heterocycles. The maximum Gasteiger partial charge on any atom is 0.248 e. The number of amides is 1. The van der Waals surface area contributed by atoms with Crippen molar-refractivity contribution in [3.63, 3.8) is 0 Å². The Labute approximate surface area is 147 Å². The van der Waals surface area contributed by atoms with Crippen molar-refractivity contribution in [2.24, 2.45) is 0 Å². The van der Waals surface area contributed by atoms with Crippen LogP contribution >= 0.6 is 34.5 Å². The van der Waals surface area contributed by atoms with E-state index in [9.17, 15) is 4.79 Å². The number of halogens is 2. The van der Waals surface area contributed by atoms with Gasteiger partial charge in [0.05, 0.1) is 15.2 Å². The van der Waals surface area contributed by atoms with Crippen molar-refractivity contribution >= 4 is 62.4 Å². The molecule has 0 saturated heterocycles. The molecule has 1 N–H and O–H groups in total. The normalized spacial score (nSPS) is 11.3. The number of carbonyl (C=O) groups excluding carboxylic acids is 1. The quantitative estimate of drug-likeness (QED) is 0.619. The highest BCUT2D eigenvalue weighted by Gasteiger charge is 2.04. The highest BCUT2D eigenvalue weighted by atomic mass is 35.5. The van der Waals surface area contributed by atoms with Crippen LogP contribution < -0.4 is 5.32 Å². The monoisotopic (exact) mass is 362 g/mol. The van der Waals surface area contributed by atoms with Gasteiger partial charge < -0.3 is 5.32 Å². The van der Waals surface area contributed by atoms with E-state index in [-0.39, 0.29) is 5.91 Å². The van der Waals surface area contributed by atoms with Crippen LogP contribution in [0.2, 0.25) is 10.0 Å². The van der Waals surface area contributed by atoms with E-state index in [4.69, 9.17) is 23.2 Å². The topological polar surface area (TPSA) is 42.0 Å². The Morgan fingerprint density at radius 2 is 2.04 bits per heavy atom. The Morgan fingerprint density at radius 1 is 1.22 bits per heavy atom. The molecule has 3 aromatic rings. The fourth-order valence-corrected chi connectivity index (χ4v) is 3.44. The lowest BCUT2D eigenvalue weighted by atomic mass is 10.2. The molecular formula is C17H12Cl2N2OS. The lowest BCUT2D eigenvalue weighted by molar-refractivity contribution is -0.111. The molecule has 0 spiro atoms. The second-order valence-corrected chi connectivity index (χ2v) is 6.98. The average Bonchev–Trinajstić information content (AvgIpc) is 2.85. The summed E-state index contributed by atoms with van der Waals surface area (Å²) >= 11 is 13.5. The van der Waals surface area contributed by atoms with Crippen molar-refractivity contribution in [1.82, 2.24) is 4.98 Å². The summed E-state index contributed by atoms with van der Waals surface area (Å²) in [6.45, 7) is 1.96. The summed E-state index contributed by atoms with van der Waals surface area (Å²) in [4.78, 5) is 16.4. The first-order chi connectivity index (χ1) is 11.0. The summed E-state index contributed by atoms with van der Waals surface area (Å²) in [7, 11) is 0. The number of anilines is 1. The molecule has 0 unspecified atom stereocenters. The fourth-order valence-electron chi connectivity index (χ4n) is 2.10. The van der Waals surface area contributed by atoms with Crippen LogP contribution in [0.25, 0.3) is 16.3 Å². The van der Waals surface area contributed by atoms with E-state index in [0.717, 1.165) is 26.5 Å². The number of aromatic nitrogens is 1. The highest BCUT2D eigenvalue weighted by Crippen LogP contribution is 2.25. The molecule has 0 fully saturated rings. The van der Waals surface area contributed by atoms with Gasteiger partial charge in [-0.25, -0.2) is 4.98 Å². The number of nitrogens with one attached hydrogen (secondary N) is 1. The molecule has 1 aromatic heterocycles. The molecular weight excluding hydrogens is 351 g/mol. The molecule has 23 heavy (non-hydrogen) atoms. The number of rotatable bonds is 3. The van der Waals surface area contributed by atoms with Crippen LogP contribution in [0.5, 0.6) is 0 Å². The minimum absolute atomic E-state index is 0.225. The van der Waals surface area contributed by atoms with Gasteiger partial charge in [-0.15, -0.1) is 11.3 Å². The molecule has 116 valence electrons. The van der Waals surface area contributed by atoms with Crippen LogP contribution in [0.15, 0.2) is 42.5 Å². The first-order valence-corrected chi connectivity index (χ1v) is 8.40. The van der Waals surface area contributed by atoms with Gasteiger partial charge in [0.25, 0.3) is 0 Å². The van der Waals surface area contributed by atoms with E-state index < -0.39 is 0 Å².